The molecule has 1 rings (SSSR count). The molecule has 1 aromatic rings. The van der Waals surface area contributed by atoms with E-state index in [9.17, 15) is 4.39 Å². The van der Waals surface area contributed by atoms with Gasteiger partial charge in [0.1, 0.15) is 11.6 Å². The molecule has 0 saturated heterocycles. The standard InChI is InChI=1S/C13H20FNO/c1-4-5-9(2)16-13-8-11(14)6-7-12(13)10(3)15/h6-10H,4-5,15H2,1-3H3/t9?,10-/m0/s1. The molecule has 0 radical (unpaired) electrons. The van der Waals surface area contributed by atoms with Crippen molar-refractivity contribution in [1.29, 1.82) is 0 Å². The van der Waals surface area contributed by atoms with E-state index in [1.807, 2.05) is 13.8 Å². The molecule has 0 bridgehead atoms. The lowest BCUT2D eigenvalue weighted by atomic mass is 10.1. The Hall–Kier alpha value is -1.09. The van der Waals surface area contributed by atoms with Crippen LogP contribution >= 0.6 is 0 Å². The van der Waals surface area contributed by atoms with E-state index in [1.54, 1.807) is 6.07 Å². The van der Waals surface area contributed by atoms with Gasteiger partial charge < -0.3 is 10.5 Å². The van der Waals surface area contributed by atoms with Gasteiger partial charge in [0, 0.05) is 17.7 Å². The van der Waals surface area contributed by atoms with Crippen LogP contribution in [0.3, 0.4) is 0 Å². The summed E-state index contributed by atoms with van der Waals surface area (Å²) < 4.78 is 18.8. The van der Waals surface area contributed by atoms with Gasteiger partial charge in [-0.15, -0.1) is 0 Å². The normalized spacial score (nSPS) is 14.6. The molecule has 0 aromatic heterocycles. The van der Waals surface area contributed by atoms with Crippen molar-refractivity contribution in [1.82, 2.24) is 0 Å². The van der Waals surface area contributed by atoms with Crippen LogP contribution in [0.5, 0.6) is 5.75 Å². The summed E-state index contributed by atoms with van der Waals surface area (Å²) in [5.41, 5.74) is 6.66. The average Bonchev–Trinajstić information content (AvgIpc) is 2.17. The highest BCUT2D eigenvalue weighted by atomic mass is 19.1. The van der Waals surface area contributed by atoms with Crippen molar-refractivity contribution in [3.8, 4) is 5.75 Å². The zero-order valence-corrected chi connectivity index (χ0v) is 10.2. The third kappa shape index (κ3) is 3.49. The van der Waals surface area contributed by atoms with Crippen molar-refractivity contribution in [2.75, 3.05) is 0 Å². The topological polar surface area (TPSA) is 35.2 Å². The number of ether oxygens (including phenoxy) is 1. The van der Waals surface area contributed by atoms with E-state index in [0.29, 0.717) is 5.75 Å². The fourth-order valence-electron chi connectivity index (χ4n) is 1.67. The number of hydrogen-bond donors (Lipinski definition) is 1. The van der Waals surface area contributed by atoms with E-state index in [-0.39, 0.29) is 18.0 Å². The average molecular weight is 225 g/mol. The number of nitrogens with two attached hydrogens (primary N) is 1. The van der Waals surface area contributed by atoms with Gasteiger partial charge in [0.25, 0.3) is 0 Å². The molecule has 0 aliphatic carbocycles. The molecular weight excluding hydrogens is 205 g/mol. The van der Waals surface area contributed by atoms with Crippen LogP contribution in [0.2, 0.25) is 0 Å². The molecule has 2 nitrogen and oxygen atoms in total. The van der Waals surface area contributed by atoms with Gasteiger partial charge in [-0.05, 0) is 26.3 Å². The summed E-state index contributed by atoms with van der Waals surface area (Å²) in [6, 6.07) is 4.36. The zero-order valence-electron chi connectivity index (χ0n) is 10.2. The lowest BCUT2D eigenvalue weighted by Crippen LogP contribution is -2.15. The maximum absolute atomic E-state index is 13.1. The Bertz CT molecular complexity index is 339. The van der Waals surface area contributed by atoms with E-state index >= 15 is 0 Å². The van der Waals surface area contributed by atoms with Gasteiger partial charge >= 0.3 is 0 Å². The first-order chi connectivity index (χ1) is 7.54. The van der Waals surface area contributed by atoms with Crippen LogP contribution in [0.4, 0.5) is 4.39 Å². The predicted molar refractivity (Wildman–Crippen MR) is 64.0 cm³/mol. The van der Waals surface area contributed by atoms with Crippen LogP contribution in [0.1, 0.15) is 45.2 Å². The molecule has 0 spiro atoms. The minimum absolute atomic E-state index is 0.0873. The molecule has 0 aliphatic rings. The summed E-state index contributed by atoms with van der Waals surface area (Å²) in [6.07, 6.45) is 2.09. The minimum atomic E-state index is -0.289. The number of benzene rings is 1. The SMILES string of the molecule is CCCC(C)Oc1cc(F)ccc1[C@H](C)N. The van der Waals surface area contributed by atoms with Crippen molar-refractivity contribution in [3.63, 3.8) is 0 Å². The van der Waals surface area contributed by atoms with Gasteiger partial charge in [-0.3, -0.25) is 0 Å². The summed E-state index contributed by atoms with van der Waals surface area (Å²) in [5.74, 6) is 0.277. The van der Waals surface area contributed by atoms with Crippen molar-refractivity contribution >= 4 is 0 Å². The van der Waals surface area contributed by atoms with Gasteiger partial charge in [0.2, 0.25) is 0 Å². The fourth-order valence-corrected chi connectivity index (χ4v) is 1.67. The third-order valence-corrected chi connectivity index (χ3v) is 2.49. The van der Waals surface area contributed by atoms with Crippen LogP contribution in [0, 0.1) is 5.82 Å². The Labute approximate surface area is 96.6 Å². The van der Waals surface area contributed by atoms with E-state index < -0.39 is 0 Å². The smallest absolute Gasteiger partial charge is 0.127 e. The maximum Gasteiger partial charge on any atom is 0.127 e. The first kappa shape index (κ1) is 13.0. The van der Waals surface area contributed by atoms with Crippen molar-refractivity contribution in [3.05, 3.63) is 29.6 Å². The highest BCUT2D eigenvalue weighted by Gasteiger charge is 2.11. The Morgan fingerprint density at radius 3 is 2.62 bits per heavy atom. The Balaban J connectivity index is 2.87. The molecule has 2 atom stereocenters. The second-order valence-electron chi connectivity index (χ2n) is 4.19. The highest BCUT2D eigenvalue weighted by Crippen LogP contribution is 2.26. The van der Waals surface area contributed by atoms with Crippen molar-refractivity contribution < 1.29 is 9.13 Å². The molecule has 0 amide bonds. The summed E-state index contributed by atoms with van der Waals surface area (Å²) in [7, 11) is 0. The molecule has 3 heteroatoms. The molecule has 0 heterocycles. The zero-order chi connectivity index (χ0) is 12.1. The van der Waals surface area contributed by atoms with Crippen molar-refractivity contribution in [2.45, 2.75) is 45.8 Å². The largest absolute Gasteiger partial charge is 0.490 e. The first-order valence-corrected chi connectivity index (χ1v) is 5.76. The van der Waals surface area contributed by atoms with Gasteiger partial charge in [-0.2, -0.15) is 0 Å². The van der Waals surface area contributed by atoms with Crippen LogP contribution in [-0.2, 0) is 0 Å². The maximum atomic E-state index is 13.1. The van der Waals surface area contributed by atoms with Crippen LogP contribution < -0.4 is 10.5 Å². The van der Waals surface area contributed by atoms with Gasteiger partial charge in [0.05, 0.1) is 6.10 Å². The van der Waals surface area contributed by atoms with Crippen LogP contribution in [0.25, 0.3) is 0 Å². The van der Waals surface area contributed by atoms with Gasteiger partial charge in [-0.25, -0.2) is 4.39 Å². The molecule has 1 aromatic carbocycles. The summed E-state index contributed by atoms with van der Waals surface area (Å²) in [6.45, 7) is 5.95. The molecule has 90 valence electrons. The fraction of sp³-hybridized carbons (Fsp3) is 0.538. The Kier molecular flexibility index (Phi) is 4.74. The Morgan fingerprint density at radius 2 is 2.06 bits per heavy atom. The van der Waals surface area contributed by atoms with E-state index in [0.717, 1.165) is 18.4 Å². The Morgan fingerprint density at radius 1 is 1.38 bits per heavy atom. The van der Waals surface area contributed by atoms with E-state index in [4.69, 9.17) is 10.5 Å². The lowest BCUT2D eigenvalue weighted by molar-refractivity contribution is 0.206. The number of rotatable bonds is 5. The number of halogens is 1. The number of hydrogen-bond acceptors (Lipinski definition) is 2. The second kappa shape index (κ2) is 5.85. The van der Waals surface area contributed by atoms with Crippen LogP contribution in [-0.4, -0.2) is 6.10 Å². The summed E-state index contributed by atoms with van der Waals surface area (Å²) in [4.78, 5) is 0. The molecule has 16 heavy (non-hydrogen) atoms. The minimum Gasteiger partial charge on any atom is -0.490 e. The molecule has 2 N–H and O–H groups in total. The van der Waals surface area contributed by atoms with E-state index in [1.165, 1.54) is 12.1 Å². The van der Waals surface area contributed by atoms with Gasteiger partial charge in [-0.1, -0.05) is 19.4 Å². The quantitative estimate of drug-likeness (QED) is 0.833. The highest BCUT2D eigenvalue weighted by molar-refractivity contribution is 5.36. The third-order valence-electron chi connectivity index (χ3n) is 2.49. The monoisotopic (exact) mass is 225 g/mol. The molecule has 0 saturated carbocycles. The van der Waals surface area contributed by atoms with Gasteiger partial charge in [0.15, 0.2) is 0 Å². The summed E-state index contributed by atoms with van der Waals surface area (Å²) in [5, 5.41) is 0. The molecule has 0 aliphatic heterocycles. The van der Waals surface area contributed by atoms with Crippen LogP contribution in [0.15, 0.2) is 18.2 Å². The lowest BCUT2D eigenvalue weighted by Gasteiger charge is -2.18. The predicted octanol–water partition coefficient (Wildman–Crippen LogP) is 3.41. The van der Waals surface area contributed by atoms with E-state index in [2.05, 4.69) is 6.92 Å². The first-order valence-electron chi connectivity index (χ1n) is 5.76. The molecule has 1 unspecified atom stereocenters. The second-order valence-corrected chi connectivity index (χ2v) is 4.19. The van der Waals surface area contributed by atoms with Crippen molar-refractivity contribution in [2.24, 2.45) is 5.73 Å². The summed E-state index contributed by atoms with van der Waals surface area (Å²) >= 11 is 0. The molecule has 0 fully saturated rings. The molecular formula is C13H20FNO.